The normalized spacial score (nSPS) is 11.9. The molecule has 0 aliphatic carbocycles. The molecule has 0 atom stereocenters. The zero-order valence-corrected chi connectivity index (χ0v) is 9.96. The van der Waals surface area contributed by atoms with Crippen molar-refractivity contribution in [2.45, 2.75) is 13.8 Å². The molecule has 0 amide bonds. The predicted molar refractivity (Wildman–Crippen MR) is 63.7 cm³/mol. The van der Waals surface area contributed by atoms with Crippen molar-refractivity contribution < 1.29 is 0 Å². The van der Waals surface area contributed by atoms with Gasteiger partial charge in [0.15, 0.2) is 0 Å². The van der Waals surface area contributed by atoms with Gasteiger partial charge in [0.1, 0.15) is 0 Å². The van der Waals surface area contributed by atoms with Gasteiger partial charge in [0.25, 0.3) is 0 Å². The Hall–Kier alpha value is -1.02. The van der Waals surface area contributed by atoms with Crippen molar-refractivity contribution in [3.05, 3.63) is 36.0 Å². The molecule has 1 nitrogen and oxygen atoms in total. The Morgan fingerprint density at radius 1 is 1.36 bits per heavy atom. The lowest BCUT2D eigenvalue weighted by atomic mass is 9.96. The van der Waals surface area contributed by atoms with Crippen LogP contribution in [0.5, 0.6) is 0 Å². The lowest BCUT2D eigenvalue weighted by Crippen LogP contribution is -2.12. The molecule has 3 radical (unpaired) electrons. The van der Waals surface area contributed by atoms with E-state index in [1.165, 1.54) is 11.1 Å². The molecule has 1 rings (SSSR count). The Morgan fingerprint density at radius 3 is 2.50 bits per heavy atom. The maximum absolute atomic E-state index is 3.62. The van der Waals surface area contributed by atoms with Crippen molar-refractivity contribution in [3.8, 4) is 0 Å². The second-order valence-electron chi connectivity index (χ2n) is 3.59. The van der Waals surface area contributed by atoms with Gasteiger partial charge >= 0.3 is 0 Å². The first kappa shape index (κ1) is 11.1. The van der Waals surface area contributed by atoms with Crippen LogP contribution in [0.25, 0.3) is 5.57 Å². The molecule has 0 aliphatic rings. The number of hydrogen-bond acceptors (Lipinski definition) is 1. The summed E-state index contributed by atoms with van der Waals surface area (Å²) < 4.78 is 0. The van der Waals surface area contributed by atoms with Gasteiger partial charge < -0.3 is 5.32 Å². The highest BCUT2D eigenvalue weighted by Gasteiger charge is 2.07. The summed E-state index contributed by atoms with van der Waals surface area (Å²) in [6, 6.07) is 8.29. The van der Waals surface area contributed by atoms with Gasteiger partial charge in [-0.15, -0.1) is 0 Å². The number of rotatable bonds is 3. The first-order valence-electron chi connectivity index (χ1n) is 4.85. The second kappa shape index (κ2) is 5.01. The van der Waals surface area contributed by atoms with Gasteiger partial charge in [0, 0.05) is 13.2 Å². The minimum atomic E-state index is 0.514. The van der Waals surface area contributed by atoms with Gasteiger partial charge in [-0.2, -0.15) is 0 Å². The summed E-state index contributed by atoms with van der Waals surface area (Å²) in [6.07, 6.45) is 2.06. The third kappa shape index (κ3) is 2.48. The fourth-order valence-electron chi connectivity index (χ4n) is 1.45. The van der Waals surface area contributed by atoms with Crippen molar-refractivity contribution in [1.29, 1.82) is 0 Å². The Balaban J connectivity index is 3.12. The van der Waals surface area contributed by atoms with Crippen LogP contribution in [0.15, 0.2) is 30.5 Å². The second-order valence-corrected chi connectivity index (χ2v) is 4.13. The van der Waals surface area contributed by atoms with Crippen molar-refractivity contribution >= 4 is 21.0 Å². The minimum Gasteiger partial charge on any atom is -0.394 e. The first-order chi connectivity index (χ1) is 6.66. The number of hydrogen-bond donors (Lipinski definition) is 1. The highest BCUT2D eigenvalue weighted by molar-refractivity contribution is 6.34. The van der Waals surface area contributed by atoms with E-state index in [4.69, 9.17) is 0 Å². The van der Waals surface area contributed by atoms with E-state index in [9.17, 15) is 0 Å². The Morgan fingerprint density at radius 2 is 2.00 bits per heavy atom. The molecule has 0 heterocycles. The average molecular weight is 202 g/mol. The van der Waals surface area contributed by atoms with Crippen molar-refractivity contribution in [2.75, 3.05) is 7.05 Å². The molecule has 0 saturated heterocycles. The Bertz CT molecular complexity index is 329. The summed E-state index contributed by atoms with van der Waals surface area (Å²) in [6.45, 7) is 4.39. The van der Waals surface area contributed by atoms with E-state index in [1.807, 2.05) is 13.1 Å². The van der Waals surface area contributed by atoms with Gasteiger partial charge in [-0.3, -0.25) is 0 Å². The molecule has 0 fully saturated rings. The standard InChI is InChI=1S/C12H16NSi/c1-9(2)11(8-13-3)10-6-4-5-7-12(10)14/h4-9,13H,1-3H3. The zero-order valence-electron chi connectivity index (χ0n) is 8.96. The molecule has 0 aliphatic heterocycles. The van der Waals surface area contributed by atoms with Crippen molar-refractivity contribution in [3.63, 3.8) is 0 Å². The summed E-state index contributed by atoms with van der Waals surface area (Å²) in [5.41, 5.74) is 2.58. The zero-order chi connectivity index (χ0) is 10.6. The SMILES string of the molecule is CNC=C(c1ccccc1[Si])C(C)C. The molecule has 1 N–H and O–H groups in total. The summed E-state index contributed by atoms with van der Waals surface area (Å²) in [5, 5.41) is 4.23. The van der Waals surface area contributed by atoms with E-state index in [1.54, 1.807) is 0 Å². The summed E-state index contributed by atoms with van der Waals surface area (Å²) >= 11 is 0. The molecule has 1 aromatic carbocycles. The smallest absolute Gasteiger partial charge is 0.0720 e. The molecular formula is C12H16NSi. The predicted octanol–water partition coefficient (Wildman–Crippen LogP) is 1.70. The van der Waals surface area contributed by atoms with E-state index in [0.717, 1.165) is 5.19 Å². The molecule has 0 aromatic heterocycles. The Labute approximate surface area is 89.7 Å². The number of allylic oxidation sites excluding steroid dienone is 1. The fraction of sp³-hybridized carbons (Fsp3) is 0.333. The van der Waals surface area contributed by atoms with Gasteiger partial charge in [-0.25, -0.2) is 0 Å². The van der Waals surface area contributed by atoms with E-state index in [2.05, 4.69) is 53.8 Å². The molecule has 73 valence electrons. The van der Waals surface area contributed by atoms with E-state index < -0.39 is 0 Å². The maximum Gasteiger partial charge on any atom is 0.0720 e. The van der Waals surface area contributed by atoms with Crippen LogP contribution in [-0.4, -0.2) is 17.3 Å². The third-order valence-electron chi connectivity index (χ3n) is 2.16. The van der Waals surface area contributed by atoms with E-state index in [0.29, 0.717) is 5.92 Å². The van der Waals surface area contributed by atoms with Crippen LogP contribution in [-0.2, 0) is 0 Å². The van der Waals surface area contributed by atoms with Crippen LogP contribution in [0.4, 0.5) is 0 Å². The summed E-state index contributed by atoms with van der Waals surface area (Å²) in [5.74, 6) is 0.514. The number of benzene rings is 1. The lowest BCUT2D eigenvalue weighted by Gasteiger charge is -2.14. The van der Waals surface area contributed by atoms with Crippen LogP contribution in [0.2, 0.25) is 0 Å². The average Bonchev–Trinajstić information content (AvgIpc) is 2.15. The van der Waals surface area contributed by atoms with Crippen LogP contribution in [0.3, 0.4) is 0 Å². The monoisotopic (exact) mass is 202 g/mol. The van der Waals surface area contributed by atoms with Gasteiger partial charge in [-0.05, 0) is 17.1 Å². The van der Waals surface area contributed by atoms with Crippen molar-refractivity contribution in [1.82, 2.24) is 5.32 Å². The molecule has 2 heteroatoms. The molecule has 0 saturated carbocycles. The number of nitrogens with one attached hydrogen (secondary N) is 1. The Kier molecular flexibility index (Phi) is 3.95. The lowest BCUT2D eigenvalue weighted by molar-refractivity contribution is 0.847. The molecule has 0 unspecified atom stereocenters. The molecule has 14 heavy (non-hydrogen) atoms. The van der Waals surface area contributed by atoms with Gasteiger partial charge in [0.05, 0.1) is 10.2 Å². The van der Waals surface area contributed by atoms with Crippen LogP contribution >= 0.6 is 0 Å². The minimum absolute atomic E-state index is 0.514. The largest absolute Gasteiger partial charge is 0.394 e. The van der Waals surface area contributed by atoms with Gasteiger partial charge in [0.2, 0.25) is 0 Å². The third-order valence-corrected chi connectivity index (χ3v) is 2.60. The molecule has 0 spiro atoms. The van der Waals surface area contributed by atoms with E-state index in [-0.39, 0.29) is 0 Å². The summed E-state index contributed by atoms with van der Waals surface area (Å²) in [7, 11) is 5.55. The topological polar surface area (TPSA) is 12.0 Å². The van der Waals surface area contributed by atoms with Gasteiger partial charge in [-0.1, -0.05) is 43.3 Å². The fourth-order valence-corrected chi connectivity index (χ4v) is 1.77. The van der Waals surface area contributed by atoms with Crippen molar-refractivity contribution in [2.24, 2.45) is 5.92 Å². The molecular weight excluding hydrogens is 186 g/mol. The van der Waals surface area contributed by atoms with Crippen LogP contribution in [0, 0.1) is 5.92 Å². The summed E-state index contributed by atoms with van der Waals surface area (Å²) in [4.78, 5) is 0. The highest BCUT2D eigenvalue weighted by atomic mass is 28.1. The quantitative estimate of drug-likeness (QED) is 0.736. The van der Waals surface area contributed by atoms with Crippen LogP contribution < -0.4 is 10.5 Å². The van der Waals surface area contributed by atoms with Crippen LogP contribution in [0.1, 0.15) is 19.4 Å². The first-order valence-corrected chi connectivity index (χ1v) is 5.35. The maximum atomic E-state index is 3.62. The van der Waals surface area contributed by atoms with E-state index >= 15 is 0 Å². The molecule has 1 aromatic rings. The molecule has 0 bridgehead atoms. The highest BCUT2D eigenvalue weighted by Crippen LogP contribution is 2.20.